The van der Waals surface area contributed by atoms with E-state index in [0.29, 0.717) is 37.2 Å². The van der Waals surface area contributed by atoms with Gasteiger partial charge in [0.25, 0.3) is 5.91 Å². The maximum Gasteiger partial charge on any atom is 0.481 e. The first-order chi connectivity index (χ1) is 23.1. The standard InChI is InChI=1S/C40H49BN2O5/c1-27(2)19-36(41-46-35-22-32-21-34(38(32,3)4)39(35,5)47-41)42-37(44)40(23-28-13-8-6-9-14-28)24-33(43-48-40)26-45-25-29-15-12-18-31(20-29)30-16-10-7-11-17-30/h6-18,20,27,32,34-36H,19,21-26H2,1-5H3,(H,42,44)/t32-,34-,35+,36-,39-,40?/m0/s1. The lowest BCUT2D eigenvalue weighted by molar-refractivity contribution is -0.199. The molecule has 3 saturated carbocycles. The van der Waals surface area contributed by atoms with Gasteiger partial charge in [0.15, 0.2) is 0 Å². The van der Waals surface area contributed by atoms with Crippen molar-refractivity contribution in [3.63, 3.8) is 0 Å². The van der Waals surface area contributed by atoms with Gasteiger partial charge in [-0.1, -0.05) is 112 Å². The lowest BCUT2D eigenvalue weighted by Crippen LogP contribution is -2.65. The number of hydrogen-bond donors (Lipinski definition) is 1. The van der Waals surface area contributed by atoms with Crippen molar-refractivity contribution in [3.8, 4) is 11.1 Å². The Hall–Kier alpha value is -3.46. The molecule has 1 saturated heterocycles. The summed E-state index contributed by atoms with van der Waals surface area (Å²) in [5, 5.41) is 7.80. The van der Waals surface area contributed by atoms with Crippen molar-refractivity contribution in [2.75, 3.05) is 6.61 Å². The van der Waals surface area contributed by atoms with Crippen molar-refractivity contribution in [2.45, 2.75) is 96.6 Å². The molecular formula is C40H49BN2O5. The van der Waals surface area contributed by atoms with Crippen LogP contribution in [0.25, 0.3) is 11.1 Å². The Morgan fingerprint density at radius 3 is 2.38 bits per heavy atom. The second-order valence-electron chi connectivity index (χ2n) is 15.7. The molecule has 252 valence electrons. The average molecular weight is 649 g/mol. The Morgan fingerprint density at radius 2 is 1.65 bits per heavy atom. The molecule has 0 radical (unpaired) electrons. The molecule has 8 heteroatoms. The van der Waals surface area contributed by atoms with E-state index >= 15 is 0 Å². The Balaban J connectivity index is 1.04. The molecule has 8 rings (SSSR count). The van der Waals surface area contributed by atoms with Crippen molar-refractivity contribution in [3.05, 3.63) is 96.1 Å². The average Bonchev–Trinajstić information content (AvgIpc) is 3.66. The van der Waals surface area contributed by atoms with Crippen LogP contribution in [0.3, 0.4) is 0 Å². The van der Waals surface area contributed by atoms with Crippen LogP contribution in [-0.2, 0) is 36.7 Å². The van der Waals surface area contributed by atoms with Gasteiger partial charge in [-0.25, -0.2) is 0 Å². The summed E-state index contributed by atoms with van der Waals surface area (Å²) in [6.45, 7) is 12.0. The van der Waals surface area contributed by atoms with Gasteiger partial charge in [0.05, 0.1) is 36.6 Å². The van der Waals surface area contributed by atoms with Crippen LogP contribution >= 0.6 is 0 Å². The van der Waals surface area contributed by atoms with Gasteiger partial charge in [-0.05, 0) is 77.7 Å². The molecule has 0 aromatic heterocycles. The van der Waals surface area contributed by atoms with Gasteiger partial charge in [-0.3, -0.25) is 4.79 Å². The number of hydrogen-bond acceptors (Lipinski definition) is 6. The predicted molar refractivity (Wildman–Crippen MR) is 189 cm³/mol. The molecule has 0 spiro atoms. The molecule has 2 aliphatic heterocycles. The number of rotatable bonds is 12. The second-order valence-corrected chi connectivity index (χ2v) is 15.7. The van der Waals surface area contributed by atoms with Gasteiger partial charge >= 0.3 is 7.12 Å². The van der Waals surface area contributed by atoms with Crippen LogP contribution in [0.4, 0.5) is 0 Å². The molecule has 7 nitrogen and oxygen atoms in total. The van der Waals surface area contributed by atoms with Gasteiger partial charge in [0.1, 0.15) is 0 Å². The third-order valence-electron chi connectivity index (χ3n) is 11.5. The number of carbonyl (C=O) groups is 1. The minimum absolute atomic E-state index is 0.0484. The first kappa shape index (κ1) is 33.1. The zero-order valence-electron chi connectivity index (χ0n) is 29.0. The van der Waals surface area contributed by atoms with Crippen molar-refractivity contribution >= 4 is 18.7 Å². The Labute approximate surface area is 285 Å². The van der Waals surface area contributed by atoms with E-state index in [-0.39, 0.29) is 35.6 Å². The van der Waals surface area contributed by atoms with Gasteiger partial charge in [0.2, 0.25) is 5.60 Å². The Bertz CT molecular complexity index is 1630. The minimum Gasteiger partial charge on any atom is -0.404 e. The van der Waals surface area contributed by atoms with Gasteiger partial charge < -0.3 is 24.2 Å². The van der Waals surface area contributed by atoms with Crippen molar-refractivity contribution in [2.24, 2.45) is 28.3 Å². The fourth-order valence-corrected chi connectivity index (χ4v) is 8.72. The highest BCUT2D eigenvalue weighted by molar-refractivity contribution is 6.48. The topological polar surface area (TPSA) is 78.4 Å². The van der Waals surface area contributed by atoms with E-state index < -0.39 is 12.7 Å². The van der Waals surface area contributed by atoms with E-state index in [4.69, 9.17) is 18.9 Å². The lowest BCUT2D eigenvalue weighted by atomic mass is 9.43. The highest BCUT2D eigenvalue weighted by Crippen LogP contribution is 2.65. The van der Waals surface area contributed by atoms with Crippen LogP contribution < -0.4 is 5.32 Å². The molecule has 2 bridgehead atoms. The predicted octanol–water partition coefficient (Wildman–Crippen LogP) is 7.43. The largest absolute Gasteiger partial charge is 0.481 e. The highest BCUT2D eigenvalue weighted by Gasteiger charge is 2.68. The summed E-state index contributed by atoms with van der Waals surface area (Å²) < 4.78 is 19.7. The molecule has 3 aliphatic carbocycles. The summed E-state index contributed by atoms with van der Waals surface area (Å²) in [7, 11) is -0.507. The molecular weight excluding hydrogens is 599 g/mol. The summed E-state index contributed by atoms with van der Waals surface area (Å²) in [6, 6.07) is 28.7. The fourth-order valence-electron chi connectivity index (χ4n) is 8.72. The highest BCUT2D eigenvalue weighted by atomic mass is 16.7. The smallest absolute Gasteiger partial charge is 0.404 e. The number of ether oxygens (including phenoxy) is 1. The van der Waals surface area contributed by atoms with E-state index in [0.717, 1.165) is 35.2 Å². The molecule has 48 heavy (non-hydrogen) atoms. The SMILES string of the molecule is CC(C)C[C@H](NC(=O)C1(Cc2ccccc2)CC(COCc2cccc(-c3ccccc3)c2)=NO1)B1O[C@@H]2C[C@@H]3C[C@@H](C3(C)C)[C@]2(C)O1. The summed E-state index contributed by atoms with van der Waals surface area (Å²) in [6.07, 6.45) is 3.71. The van der Waals surface area contributed by atoms with Crippen LogP contribution in [0.15, 0.2) is 90.1 Å². The number of carbonyl (C=O) groups excluding carboxylic acids is 1. The summed E-state index contributed by atoms with van der Waals surface area (Å²) >= 11 is 0. The first-order valence-electron chi connectivity index (χ1n) is 17.7. The zero-order valence-corrected chi connectivity index (χ0v) is 29.0. The van der Waals surface area contributed by atoms with Crippen LogP contribution in [0.2, 0.25) is 0 Å². The van der Waals surface area contributed by atoms with E-state index in [1.807, 2.05) is 48.5 Å². The molecule has 3 aromatic carbocycles. The molecule has 2 heterocycles. The van der Waals surface area contributed by atoms with Crippen molar-refractivity contribution in [1.82, 2.24) is 5.32 Å². The number of oxime groups is 1. The van der Waals surface area contributed by atoms with E-state index in [2.05, 4.69) is 81.5 Å². The third kappa shape index (κ3) is 6.35. The summed E-state index contributed by atoms with van der Waals surface area (Å²) in [5.74, 6) is 0.941. The molecule has 6 atom stereocenters. The van der Waals surface area contributed by atoms with Crippen molar-refractivity contribution in [1.29, 1.82) is 0 Å². The van der Waals surface area contributed by atoms with Gasteiger partial charge in [0, 0.05) is 12.8 Å². The molecule has 3 aromatic rings. The van der Waals surface area contributed by atoms with Crippen molar-refractivity contribution < 1.29 is 23.7 Å². The maximum absolute atomic E-state index is 14.4. The quantitative estimate of drug-likeness (QED) is 0.207. The van der Waals surface area contributed by atoms with E-state index in [9.17, 15) is 4.79 Å². The molecule has 1 N–H and O–H groups in total. The first-order valence-corrected chi connectivity index (χ1v) is 17.7. The second kappa shape index (κ2) is 13.1. The monoisotopic (exact) mass is 648 g/mol. The zero-order chi connectivity index (χ0) is 33.5. The van der Waals surface area contributed by atoms with Crippen LogP contribution in [0, 0.1) is 23.2 Å². The van der Waals surface area contributed by atoms with Crippen LogP contribution in [-0.4, -0.2) is 48.6 Å². The molecule has 1 unspecified atom stereocenters. The maximum atomic E-state index is 14.4. The normalized spacial score (nSPS) is 29.1. The summed E-state index contributed by atoms with van der Waals surface area (Å²) in [4.78, 5) is 20.6. The van der Waals surface area contributed by atoms with Crippen LogP contribution in [0.5, 0.6) is 0 Å². The number of amides is 1. The van der Waals surface area contributed by atoms with E-state index in [1.165, 1.54) is 12.0 Å². The number of benzene rings is 3. The van der Waals surface area contributed by atoms with Gasteiger partial charge in [-0.15, -0.1) is 0 Å². The van der Waals surface area contributed by atoms with Gasteiger partial charge in [-0.2, -0.15) is 0 Å². The number of nitrogens with one attached hydrogen (secondary N) is 1. The summed E-state index contributed by atoms with van der Waals surface area (Å²) in [5.41, 5.74) is 3.83. The number of nitrogens with zero attached hydrogens (tertiary/aromatic N) is 1. The molecule has 4 fully saturated rings. The lowest BCUT2D eigenvalue weighted by Gasteiger charge is -2.64. The van der Waals surface area contributed by atoms with Crippen LogP contribution in [0.1, 0.15) is 71.4 Å². The fraction of sp³-hybridized carbons (Fsp3) is 0.500. The minimum atomic E-state index is -1.19. The third-order valence-corrected chi connectivity index (χ3v) is 11.5. The Kier molecular flexibility index (Phi) is 9.03. The molecule has 1 amide bonds. The van der Waals surface area contributed by atoms with E-state index in [1.54, 1.807) is 0 Å². The molecule has 5 aliphatic rings. The Morgan fingerprint density at radius 1 is 0.938 bits per heavy atom.